The van der Waals surface area contributed by atoms with E-state index in [1.165, 1.54) is 24.3 Å². The first-order valence-electron chi connectivity index (χ1n) is 7.68. The lowest BCUT2D eigenvalue weighted by Crippen LogP contribution is -2.37. The molecule has 4 rings (SSSR count). The second kappa shape index (κ2) is 5.60. The Labute approximate surface area is 138 Å². The summed E-state index contributed by atoms with van der Waals surface area (Å²) in [5, 5.41) is 4.02. The summed E-state index contributed by atoms with van der Waals surface area (Å²) in [7, 11) is 0. The summed E-state index contributed by atoms with van der Waals surface area (Å²) in [6.07, 6.45) is 5.64. The lowest BCUT2D eigenvalue weighted by Gasteiger charge is -2.36. The molecule has 0 saturated heterocycles. The number of hydrogen-bond donors (Lipinski definition) is 0. The van der Waals surface area contributed by atoms with Gasteiger partial charge in [0.25, 0.3) is 0 Å². The molecule has 0 aromatic heterocycles. The predicted molar refractivity (Wildman–Crippen MR) is 91.3 cm³/mol. The highest BCUT2D eigenvalue weighted by molar-refractivity contribution is 5.88. The summed E-state index contributed by atoms with van der Waals surface area (Å²) in [6, 6.07) is 11.1. The van der Waals surface area contributed by atoms with E-state index in [2.05, 4.69) is 4.99 Å². The third-order valence-corrected chi connectivity index (χ3v) is 4.15. The molecule has 0 unspecified atom stereocenters. The van der Waals surface area contributed by atoms with Crippen LogP contribution in [-0.4, -0.2) is 17.8 Å². The Balaban J connectivity index is 1.76. The van der Waals surface area contributed by atoms with Gasteiger partial charge in [-0.3, -0.25) is 5.01 Å². The van der Waals surface area contributed by atoms with Crippen LogP contribution in [0.25, 0.3) is 5.70 Å². The fraction of sp³-hybridized carbons (Fsp3) is 0.105. The Bertz CT molecular complexity index is 882. The van der Waals surface area contributed by atoms with Crippen LogP contribution in [0.15, 0.2) is 65.4 Å². The van der Waals surface area contributed by atoms with E-state index in [-0.39, 0.29) is 11.6 Å². The van der Waals surface area contributed by atoms with Crippen LogP contribution in [0.3, 0.4) is 0 Å². The van der Waals surface area contributed by atoms with E-state index in [9.17, 15) is 8.78 Å². The first-order chi connectivity index (χ1) is 11.6. The van der Waals surface area contributed by atoms with Crippen LogP contribution in [0.5, 0.6) is 0 Å². The molecule has 2 heterocycles. The number of nitrogens with zero attached hydrogens (tertiary/aromatic N) is 3. The molecule has 2 aliphatic heterocycles. The van der Waals surface area contributed by atoms with E-state index in [0.29, 0.717) is 6.54 Å². The molecule has 5 heteroatoms. The highest BCUT2D eigenvalue weighted by Crippen LogP contribution is 2.36. The predicted octanol–water partition coefficient (Wildman–Crippen LogP) is 4.28. The molecule has 0 radical (unpaired) electrons. The van der Waals surface area contributed by atoms with Crippen molar-refractivity contribution in [3.63, 3.8) is 0 Å². The Morgan fingerprint density at radius 2 is 1.75 bits per heavy atom. The third kappa shape index (κ3) is 2.38. The normalized spacial score (nSPS) is 16.1. The van der Waals surface area contributed by atoms with Crippen LogP contribution in [0.1, 0.15) is 11.1 Å². The van der Waals surface area contributed by atoms with Gasteiger partial charge < -0.3 is 0 Å². The minimum Gasteiger partial charge on any atom is -0.275 e. The van der Waals surface area contributed by atoms with Gasteiger partial charge in [0.15, 0.2) is 0 Å². The average Bonchev–Trinajstić information content (AvgIpc) is 3.00. The van der Waals surface area contributed by atoms with Crippen LogP contribution in [-0.2, 0) is 0 Å². The number of benzene rings is 2. The molecule has 0 saturated carbocycles. The highest BCUT2D eigenvalue weighted by Gasteiger charge is 2.30. The van der Waals surface area contributed by atoms with Crippen molar-refractivity contribution in [2.75, 3.05) is 11.6 Å². The van der Waals surface area contributed by atoms with Gasteiger partial charge in [-0.05, 0) is 67.1 Å². The first kappa shape index (κ1) is 14.6. The Morgan fingerprint density at radius 1 is 1.00 bits per heavy atom. The van der Waals surface area contributed by atoms with E-state index < -0.39 is 0 Å². The van der Waals surface area contributed by atoms with Gasteiger partial charge in [-0.2, -0.15) is 0 Å². The lowest BCUT2D eigenvalue weighted by molar-refractivity contribution is 0.484. The molecule has 2 aliphatic rings. The van der Waals surface area contributed by atoms with Crippen molar-refractivity contribution in [3.8, 4) is 0 Å². The zero-order valence-corrected chi connectivity index (χ0v) is 13.1. The summed E-state index contributed by atoms with van der Waals surface area (Å²) < 4.78 is 26.7. The maximum atomic E-state index is 13.4. The quantitative estimate of drug-likeness (QED) is 0.821. The molecule has 120 valence electrons. The van der Waals surface area contributed by atoms with Crippen LogP contribution >= 0.6 is 0 Å². The fourth-order valence-electron chi connectivity index (χ4n) is 3.03. The van der Waals surface area contributed by atoms with Gasteiger partial charge in [-0.25, -0.2) is 18.8 Å². The third-order valence-electron chi connectivity index (χ3n) is 4.15. The highest BCUT2D eigenvalue weighted by atomic mass is 19.1. The number of hydrazine groups is 1. The van der Waals surface area contributed by atoms with Crippen LogP contribution in [0.4, 0.5) is 14.5 Å². The second-order valence-electron chi connectivity index (χ2n) is 5.72. The standard InChI is InChI=1S/C19H15F2N3/c1-13-12-16(21)6-7-17(13)23-11-9-19-22-10-8-18(24(19)23)14-2-4-15(20)5-3-14/h2-10,12H,11H2,1H3. The maximum Gasteiger partial charge on any atom is 0.149 e. The molecule has 0 aliphatic carbocycles. The molecule has 0 bridgehead atoms. The summed E-state index contributed by atoms with van der Waals surface area (Å²) in [5.41, 5.74) is 3.54. The van der Waals surface area contributed by atoms with E-state index in [0.717, 1.165) is 28.3 Å². The average molecular weight is 323 g/mol. The number of rotatable bonds is 2. The van der Waals surface area contributed by atoms with Crippen LogP contribution < -0.4 is 5.01 Å². The lowest BCUT2D eigenvalue weighted by atomic mass is 10.1. The minimum atomic E-state index is -0.271. The molecular weight excluding hydrogens is 308 g/mol. The smallest absolute Gasteiger partial charge is 0.149 e. The summed E-state index contributed by atoms with van der Waals surface area (Å²) in [5.74, 6) is 0.280. The molecule has 0 amide bonds. The van der Waals surface area contributed by atoms with Crippen LogP contribution in [0.2, 0.25) is 0 Å². The zero-order valence-electron chi connectivity index (χ0n) is 13.1. The van der Waals surface area contributed by atoms with Crippen LogP contribution in [0, 0.1) is 18.6 Å². The van der Waals surface area contributed by atoms with Gasteiger partial charge >= 0.3 is 0 Å². The van der Waals surface area contributed by atoms with Crippen molar-refractivity contribution in [2.45, 2.75) is 6.92 Å². The molecule has 2 aromatic carbocycles. The molecule has 2 aromatic rings. The Morgan fingerprint density at radius 3 is 2.50 bits per heavy atom. The first-order valence-corrected chi connectivity index (χ1v) is 7.68. The summed E-state index contributed by atoms with van der Waals surface area (Å²) in [4.78, 5) is 4.40. The van der Waals surface area contributed by atoms with Crippen molar-refractivity contribution < 1.29 is 8.78 Å². The fourth-order valence-corrected chi connectivity index (χ4v) is 3.03. The van der Waals surface area contributed by atoms with Crippen molar-refractivity contribution >= 4 is 17.6 Å². The minimum absolute atomic E-state index is 0.255. The van der Waals surface area contributed by atoms with Crippen molar-refractivity contribution in [3.05, 3.63) is 83.2 Å². The Kier molecular flexibility index (Phi) is 3.41. The number of anilines is 1. The van der Waals surface area contributed by atoms with Crippen molar-refractivity contribution in [1.82, 2.24) is 5.01 Å². The summed E-state index contributed by atoms with van der Waals surface area (Å²) >= 11 is 0. The maximum absolute atomic E-state index is 13.4. The number of halogens is 2. The van der Waals surface area contributed by atoms with Gasteiger partial charge in [0.2, 0.25) is 0 Å². The topological polar surface area (TPSA) is 18.8 Å². The molecule has 0 N–H and O–H groups in total. The number of hydrogen-bond acceptors (Lipinski definition) is 3. The van der Waals surface area contributed by atoms with E-state index in [4.69, 9.17) is 0 Å². The molecule has 0 fully saturated rings. The number of aryl methyl sites for hydroxylation is 1. The SMILES string of the molecule is Cc1cc(F)ccc1N1CC=C2N=CC=C(c3ccc(F)cc3)N21. The number of aliphatic imine (C=N–C) groups is 1. The Hall–Kier alpha value is -2.95. The molecule has 3 nitrogen and oxygen atoms in total. The molecule has 0 spiro atoms. The second-order valence-corrected chi connectivity index (χ2v) is 5.72. The van der Waals surface area contributed by atoms with E-state index in [1.807, 2.05) is 29.1 Å². The van der Waals surface area contributed by atoms with E-state index in [1.54, 1.807) is 24.4 Å². The van der Waals surface area contributed by atoms with Gasteiger partial charge in [0.1, 0.15) is 17.5 Å². The molecule has 24 heavy (non-hydrogen) atoms. The number of allylic oxidation sites excluding steroid dienone is 1. The number of fused-ring (bicyclic) bond motifs is 1. The van der Waals surface area contributed by atoms with E-state index >= 15 is 0 Å². The largest absolute Gasteiger partial charge is 0.275 e. The van der Waals surface area contributed by atoms with Gasteiger partial charge in [0.05, 0.1) is 17.9 Å². The van der Waals surface area contributed by atoms with Gasteiger partial charge in [-0.15, -0.1) is 0 Å². The molecular formula is C19H15F2N3. The monoisotopic (exact) mass is 323 g/mol. The zero-order chi connectivity index (χ0) is 16.7. The van der Waals surface area contributed by atoms with Crippen molar-refractivity contribution in [1.29, 1.82) is 0 Å². The van der Waals surface area contributed by atoms with Gasteiger partial charge in [0, 0.05) is 11.8 Å². The molecule has 0 atom stereocenters. The summed E-state index contributed by atoms with van der Waals surface area (Å²) in [6.45, 7) is 2.52. The van der Waals surface area contributed by atoms with Gasteiger partial charge in [-0.1, -0.05) is 0 Å². The van der Waals surface area contributed by atoms with Crippen molar-refractivity contribution in [2.24, 2.45) is 4.99 Å².